The van der Waals surface area contributed by atoms with E-state index >= 15 is 0 Å². The Kier molecular flexibility index (Phi) is 6.37. The number of rotatable bonds is 6. The van der Waals surface area contributed by atoms with Crippen LogP contribution >= 0.6 is 11.6 Å². The van der Waals surface area contributed by atoms with Crippen molar-refractivity contribution in [2.24, 2.45) is 0 Å². The van der Waals surface area contributed by atoms with E-state index in [0.29, 0.717) is 35.6 Å². The van der Waals surface area contributed by atoms with Gasteiger partial charge in [-0.25, -0.2) is 4.98 Å². The molecule has 1 fully saturated rings. The summed E-state index contributed by atoms with van der Waals surface area (Å²) in [5.74, 6) is 1.64. The number of amides is 1. The zero-order valence-corrected chi connectivity index (χ0v) is 17.5. The lowest BCUT2D eigenvalue weighted by molar-refractivity contribution is -0.117. The monoisotopic (exact) mass is 426 g/mol. The lowest BCUT2D eigenvalue weighted by atomic mass is 10.1. The summed E-state index contributed by atoms with van der Waals surface area (Å²) in [5, 5.41) is 7.45. The van der Waals surface area contributed by atoms with Crippen LogP contribution in [0.5, 0.6) is 0 Å². The highest BCUT2D eigenvalue weighted by atomic mass is 35.5. The second-order valence-electron chi connectivity index (χ2n) is 7.29. The van der Waals surface area contributed by atoms with Gasteiger partial charge in [0.25, 0.3) is 0 Å². The number of benzene rings is 1. The lowest BCUT2D eigenvalue weighted by Gasteiger charge is -2.33. The molecule has 0 unspecified atom stereocenters. The molecule has 3 aromatic rings. The van der Waals surface area contributed by atoms with Crippen molar-refractivity contribution in [3.8, 4) is 11.4 Å². The predicted octanol–water partition coefficient (Wildman–Crippen LogP) is 2.85. The van der Waals surface area contributed by atoms with Crippen LogP contribution in [-0.4, -0.2) is 63.6 Å². The molecule has 0 bridgehead atoms. The van der Waals surface area contributed by atoms with Crippen LogP contribution in [0.4, 0.5) is 5.82 Å². The molecule has 0 radical (unpaired) electrons. The van der Waals surface area contributed by atoms with Crippen LogP contribution in [0.3, 0.4) is 0 Å². The number of piperazine rings is 1. The molecule has 0 atom stereocenters. The van der Waals surface area contributed by atoms with Crippen molar-refractivity contribution < 1.29 is 9.32 Å². The third kappa shape index (κ3) is 5.21. The summed E-state index contributed by atoms with van der Waals surface area (Å²) >= 11 is 5.81. The predicted molar refractivity (Wildman–Crippen MR) is 114 cm³/mol. The van der Waals surface area contributed by atoms with E-state index < -0.39 is 0 Å². The number of nitrogens with zero attached hydrogens (tertiary/aromatic N) is 5. The van der Waals surface area contributed by atoms with E-state index in [9.17, 15) is 4.79 Å². The van der Waals surface area contributed by atoms with Crippen molar-refractivity contribution in [2.75, 3.05) is 38.0 Å². The standard InChI is InChI=1S/C21H23ClN6O2/c1-15-4-2-3-5-17(15)21-25-20(30-26-21)14-28-10-8-27(9-11-28)13-19(29)24-18-7-6-16(22)12-23-18/h2-7,12H,8-11,13-14H2,1H3,(H,23,24,29). The molecule has 156 valence electrons. The van der Waals surface area contributed by atoms with E-state index in [2.05, 4.69) is 30.2 Å². The Labute approximate surface area is 179 Å². The molecule has 8 nitrogen and oxygen atoms in total. The number of carbonyl (C=O) groups excluding carboxylic acids is 1. The van der Waals surface area contributed by atoms with E-state index in [4.69, 9.17) is 16.1 Å². The zero-order chi connectivity index (χ0) is 20.9. The van der Waals surface area contributed by atoms with Crippen LogP contribution in [0.1, 0.15) is 11.5 Å². The van der Waals surface area contributed by atoms with Crippen molar-refractivity contribution in [2.45, 2.75) is 13.5 Å². The number of halogens is 1. The first kappa shape index (κ1) is 20.5. The lowest BCUT2D eigenvalue weighted by Crippen LogP contribution is -2.48. The van der Waals surface area contributed by atoms with Crippen molar-refractivity contribution in [1.82, 2.24) is 24.9 Å². The summed E-state index contributed by atoms with van der Waals surface area (Å²) in [4.78, 5) is 25.2. The van der Waals surface area contributed by atoms with Gasteiger partial charge in [-0.15, -0.1) is 0 Å². The van der Waals surface area contributed by atoms with Gasteiger partial charge in [-0.3, -0.25) is 14.6 Å². The fourth-order valence-corrected chi connectivity index (χ4v) is 3.50. The number of anilines is 1. The normalized spacial score (nSPS) is 15.3. The van der Waals surface area contributed by atoms with E-state index in [-0.39, 0.29) is 5.91 Å². The summed E-state index contributed by atoms with van der Waals surface area (Å²) in [6.07, 6.45) is 1.51. The molecule has 0 spiro atoms. The summed E-state index contributed by atoms with van der Waals surface area (Å²) in [6.45, 7) is 6.21. The maximum absolute atomic E-state index is 12.2. The Morgan fingerprint density at radius 3 is 2.63 bits per heavy atom. The van der Waals surface area contributed by atoms with Gasteiger partial charge < -0.3 is 9.84 Å². The number of pyridine rings is 1. The molecule has 1 aliphatic rings. The van der Waals surface area contributed by atoms with Crippen molar-refractivity contribution in [3.63, 3.8) is 0 Å². The molecule has 3 heterocycles. The topological polar surface area (TPSA) is 87.4 Å². The van der Waals surface area contributed by atoms with Crippen LogP contribution in [0.25, 0.3) is 11.4 Å². The van der Waals surface area contributed by atoms with E-state index in [1.807, 2.05) is 31.2 Å². The average Bonchev–Trinajstić information content (AvgIpc) is 3.20. The number of hydrogen-bond acceptors (Lipinski definition) is 7. The van der Waals surface area contributed by atoms with Gasteiger partial charge in [-0.2, -0.15) is 4.98 Å². The Hall–Kier alpha value is -2.81. The summed E-state index contributed by atoms with van der Waals surface area (Å²) in [5.41, 5.74) is 2.10. The highest BCUT2D eigenvalue weighted by molar-refractivity contribution is 6.30. The Morgan fingerprint density at radius 1 is 1.13 bits per heavy atom. The molecular weight excluding hydrogens is 404 g/mol. The van der Waals surface area contributed by atoms with Gasteiger partial charge in [0.2, 0.25) is 17.6 Å². The molecule has 30 heavy (non-hydrogen) atoms. The highest BCUT2D eigenvalue weighted by Gasteiger charge is 2.21. The van der Waals surface area contributed by atoms with E-state index in [1.54, 1.807) is 12.1 Å². The molecule has 0 aliphatic carbocycles. The van der Waals surface area contributed by atoms with Gasteiger partial charge in [0, 0.05) is 37.9 Å². The van der Waals surface area contributed by atoms with Crippen molar-refractivity contribution >= 4 is 23.3 Å². The van der Waals surface area contributed by atoms with Gasteiger partial charge >= 0.3 is 0 Å². The Bertz CT molecular complexity index is 999. The van der Waals surface area contributed by atoms with Crippen LogP contribution in [0, 0.1) is 6.92 Å². The highest BCUT2D eigenvalue weighted by Crippen LogP contribution is 2.20. The van der Waals surface area contributed by atoms with Crippen LogP contribution in [0.2, 0.25) is 5.02 Å². The maximum atomic E-state index is 12.2. The zero-order valence-electron chi connectivity index (χ0n) is 16.7. The number of aryl methyl sites for hydroxylation is 1. The molecule has 1 aromatic carbocycles. The minimum Gasteiger partial charge on any atom is -0.338 e. The summed E-state index contributed by atoms with van der Waals surface area (Å²) in [7, 11) is 0. The van der Waals surface area contributed by atoms with Gasteiger partial charge in [-0.1, -0.05) is 41.0 Å². The number of nitrogens with one attached hydrogen (secondary N) is 1. The summed E-state index contributed by atoms with van der Waals surface area (Å²) in [6, 6.07) is 11.4. The number of aromatic nitrogens is 3. The maximum Gasteiger partial charge on any atom is 0.241 e. The largest absolute Gasteiger partial charge is 0.338 e. The summed E-state index contributed by atoms with van der Waals surface area (Å²) < 4.78 is 5.45. The molecule has 1 amide bonds. The number of hydrogen-bond donors (Lipinski definition) is 1. The minimum atomic E-state index is -0.0851. The smallest absolute Gasteiger partial charge is 0.241 e. The second-order valence-corrected chi connectivity index (χ2v) is 7.73. The average molecular weight is 427 g/mol. The molecule has 1 saturated heterocycles. The third-order valence-electron chi connectivity index (χ3n) is 5.04. The van der Waals surface area contributed by atoms with Gasteiger partial charge in [-0.05, 0) is 24.6 Å². The van der Waals surface area contributed by atoms with Gasteiger partial charge in [0.05, 0.1) is 18.1 Å². The van der Waals surface area contributed by atoms with Crippen LogP contribution in [-0.2, 0) is 11.3 Å². The second kappa shape index (κ2) is 9.34. The van der Waals surface area contributed by atoms with Gasteiger partial charge in [0.15, 0.2) is 0 Å². The quantitative estimate of drug-likeness (QED) is 0.648. The molecule has 1 N–H and O–H groups in total. The van der Waals surface area contributed by atoms with E-state index in [0.717, 1.165) is 37.3 Å². The van der Waals surface area contributed by atoms with E-state index in [1.165, 1.54) is 6.20 Å². The third-order valence-corrected chi connectivity index (χ3v) is 5.26. The van der Waals surface area contributed by atoms with Crippen LogP contribution in [0.15, 0.2) is 47.1 Å². The Morgan fingerprint density at radius 2 is 1.90 bits per heavy atom. The SMILES string of the molecule is Cc1ccccc1-c1noc(CN2CCN(CC(=O)Nc3ccc(Cl)cn3)CC2)n1. The van der Waals surface area contributed by atoms with Crippen molar-refractivity contribution in [1.29, 1.82) is 0 Å². The molecule has 9 heteroatoms. The molecule has 2 aromatic heterocycles. The Balaban J connectivity index is 1.24. The molecular formula is C21H23ClN6O2. The van der Waals surface area contributed by atoms with Gasteiger partial charge in [0.1, 0.15) is 5.82 Å². The number of carbonyl (C=O) groups is 1. The molecule has 1 aliphatic heterocycles. The first-order chi connectivity index (χ1) is 14.6. The first-order valence-corrected chi connectivity index (χ1v) is 10.2. The van der Waals surface area contributed by atoms with Crippen molar-refractivity contribution in [3.05, 3.63) is 59.1 Å². The first-order valence-electron chi connectivity index (χ1n) is 9.81. The fourth-order valence-electron chi connectivity index (χ4n) is 3.38. The molecule has 4 rings (SSSR count). The van der Waals surface area contributed by atoms with Crippen LogP contribution < -0.4 is 5.32 Å². The fraction of sp³-hybridized carbons (Fsp3) is 0.333. The molecule has 0 saturated carbocycles. The minimum absolute atomic E-state index is 0.0851.